The minimum atomic E-state index is -0.0287. The van der Waals surface area contributed by atoms with Crippen LogP contribution < -0.4 is 16.0 Å². The summed E-state index contributed by atoms with van der Waals surface area (Å²) < 4.78 is 0. The van der Waals surface area contributed by atoms with Crippen LogP contribution in [-0.4, -0.2) is 36.5 Å². The second-order valence-corrected chi connectivity index (χ2v) is 8.12. The van der Waals surface area contributed by atoms with Crippen molar-refractivity contribution in [1.82, 2.24) is 20.9 Å². The van der Waals surface area contributed by atoms with E-state index in [0.717, 1.165) is 41.6 Å². The fourth-order valence-corrected chi connectivity index (χ4v) is 3.46. The molecule has 0 saturated carbocycles. The molecule has 160 valence electrons. The van der Waals surface area contributed by atoms with Crippen molar-refractivity contribution in [3.8, 4) is 0 Å². The van der Waals surface area contributed by atoms with Crippen LogP contribution in [0.5, 0.6) is 0 Å². The number of carbonyl (C=O) groups is 1. The molecule has 1 heterocycles. The van der Waals surface area contributed by atoms with Gasteiger partial charge in [-0.15, -0.1) is 35.3 Å². The number of carbonyl (C=O) groups excluding carboxylic acids is 1. The van der Waals surface area contributed by atoms with Crippen LogP contribution in [0.4, 0.5) is 0 Å². The Morgan fingerprint density at radius 1 is 1.21 bits per heavy atom. The van der Waals surface area contributed by atoms with E-state index in [4.69, 9.17) is 0 Å². The van der Waals surface area contributed by atoms with Gasteiger partial charge in [-0.25, -0.2) is 4.98 Å². The molecule has 0 aliphatic rings. The van der Waals surface area contributed by atoms with Gasteiger partial charge in [0.1, 0.15) is 0 Å². The summed E-state index contributed by atoms with van der Waals surface area (Å²) in [5.74, 6) is 0.725. The van der Waals surface area contributed by atoms with E-state index in [9.17, 15) is 4.79 Å². The fraction of sp³-hybridized carbons (Fsp3) is 0.476. The van der Waals surface area contributed by atoms with E-state index in [1.54, 1.807) is 18.4 Å². The maximum atomic E-state index is 12.1. The van der Waals surface area contributed by atoms with Crippen molar-refractivity contribution < 1.29 is 4.79 Å². The van der Waals surface area contributed by atoms with Crippen LogP contribution in [0.3, 0.4) is 0 Å². The molecule has 0 bridgehead atoms. The summed E-state index contributed by atoms with van der Waals surface area (Å²) in [6.45, 7) is 9.63. The molecule has 8 heteroatoms. The van der Waals surface area contributed by atoms with Gasteiger partial charge in [0, 0.05) is 43.0 Å². The lowest BCUT2D eigenvalue weighted by atomic mass is 10.1. The minimum absolute atomic E-state index is 0. The molecule has 1 aromatic heterocycles. The first kappa shape index (κ1) is 25.4. The Bertz CT molecular complexity index is 784. The predicted molar refractivity (Wildman–Crippen MR) is 133 cm³/mol. The quantitative estimate of drug-likeness (QED) is 0.276. The summed E-state index contributed by atoms with van der Waals surface area (Å²) in [7, 11) is 1.76. The van der Waals surface area contributed by atoms with Crippen molar-refractivity contribution in [2.75, 3.05) is 13.6 Å². The molecule has 1 unspecified atom stereocenters. The molecule has 2 rings (SSSR count). The van der Waals surface area contributed by atoms with E-state index >= 15 is 0 Å². The summed E-state index contributed by atoms with van der Waals surface area (Å²) in [5, 5.41) is 10.7. The van der Waals surface area contributed by atoms with E-state index in [-0.39, 0.29) is 35.9 Å². The standard InChI is InChI=1S/C21H31N5OS.HI/c1-6-14(2)25-20(27)18-9-7-17(8-10-18)13-24-21(22-5)23-12-11-19-26-15(3)16(4)28-19;/h7-10,14H,6,11-13H2,1-5H3,(H,25,27)(H2,22,23,24);1H. The Hall–Kier alpha value is -1.68. The second-order valence-electron chi connectivity index (χ2n) is 6.83. The lowest BCUT2D eigenvalue weighted by molar-refractivity contribution is 0.0939. The smallest absolute Gasteiger partial charge is 0.251 e. The van der Waals surface area contributed by atoms with Gasteiger partial charge in [-0.2, -0.15) is 0 Å². The number of rotatable bonds is 8. The average Bonchev–Trinajstić information content (AvgIpc) is 3.02. The number of aliphatic imine (C=N–C) groups is 1. The number of guanidine groups is 1. The number of nitrogens with one attached hydrogen (secondary N) is 3. The van der Waals surface area contributed by atoms with Crippen LogP contribution in [0.15, 0.2) is 29.3 Å². The molecule has 1 amide bonds. The highest BCUT2D eigenvalue weighted by Gasteiger charge is 2.08. The molecule has 1 aromatic carbocycles. The first-order valence-corrected chi connectivity index (χ1v) is 10.5. The average molecular weight is 529 g/mol. The SMILES string of the molecule is CCC(C)NC(=O)c1ccc(CNC(=NC)NCCc2nc(C)c(C)s2)cc1.I. The third-order valence-corrected chi connectivity index (χ3v) is 5.73. The highest BCUT2D eigenvalue weighted by Crippen LogP contribution is 2.16. The third kappa shape index (κ3) is 8.30. The number of nitrogens with zero attached hydrogens (tertiary/aromatic N) is 2. The zero-order chi connectivity index (χ0) is 20.5. The Morgan fingerprint density at radius 2 is 1.90 bits per heavy atom. The lowest BCUT2D eigenvalue weighted by Gasteiger charge is -2.13. The van der Waals surface area contributed by atoms with Gasteiger partial charge in [0.15, 0.2) is 5.96 Å². The van der Waals surface area contributed by atoms with Crippen molar-refractivity contribution in [3.63, 3.8) is 0 Å². The van der Waals surface area contributed by atoms with Crippen LogP contribution in [0.2, 0.25) is 0 Å². The molecule has 0 spiro atoms. The summed E-state index contributed by atoms with van der Waals surface area (Å²) >= 11 is 1.75. The van der Waals surface area contributed by atoms with Crippen molar-refractivity contribution >= 4 is 47.2 Å². The number of hydrogen-bond donors (Lipinski definition) is 3. The monoisotopic (exact) mass is 529 g/mol. The zero-order valence-electron chi connectivity index (χ0n) is 17.8. The molecule has 0 aliphatic heterocycles. The van der Waals surface area contributed by atoms with E-state index < -0.39 is 0 Å². The van der Waals surface area contributed by atoms with Crippen LogP contribution in [-0.2, 0) is 13.0 Å². The van der Waals surface area contributed by atoms with Crippen molar-refractivity contribution in [2.24, 2.45) is 4.99 Å². The lowest BCUT2D eigenvalue weighted by Crippen LogP contribution is -2.37. The molecule has 3 N–H and O–H groups in total. The van der Waals surface area contributed by atoms with Crippen molar-refractivity contribution in [2.45, 2.75) is 53.1 Å². The molecule has 0 fully saturated rings. The molecule has 0 saturated heterocycles. The number of amides is 1. The predicted octanol–water partition coefficient (Wildman–Crippen LogP) is 3.81. The number of benzene rings is 1. The zero-order valence-corrected chi connectivity index (χ0v) is 21.0. The van der Waals surface area contributed by atoms with Gasteiger partial charge in [0.25, 0.3) is 5.91 Å². The second kappa shape index (κ2) is 12.8. The number of aryl methyl sites for hydroxylation is 2. The minimum Gasteiger partial charge on any atom is -0.356 e. The van der Waals surface area contributed by atoms with Gasteiger partial charge >= 0.3 is 0 Å². The fourth-order valence-electron chi connectivity index (χ4n) is 2.52. The summed E-state index contributed by atoms with van der Waals surface area (Å²) in [6, 6.07) is 7.83. The maximum absolute atomic E-state index is 12.1. The van der Waals surface area contributed by atoms with Crippen LogP contribution in [0.25, 0.3) is 0 Å². The summed E-state index contributed by atoms with van der Waals surface area (Å²) in [5.41, 5.74) is 2.89. The Kier molecular flexibility index (Phi) is 11.2. The molecule has 2 aromatic rings. The molecule has 0 radical (unpaired) electrons. The number of halogens is 1. The highest BCUT2D eigenvalue weighted by atomic mass is 127. The summed E-state index contributed by atoms with van der Waals surface area (Å²) in [4.78, 5) is 22.2. The molecule has 6 nitrogen and oxygen atoms in total. The van der Waals surface area contributed by atoms with Crippen LogP contribution in [0, 0.1) is 13.8 Å². The number of thiazole rings is 1. The number of aromatic nitrogens is 1. The van der Waals surface area contributed by atoms with Crippen molar-refractivity contribution in [1.29, 1.82) is 0 Å². The molecular weight excluding hydrogens is 497 g/mol. The molecular formula is C21H32IN5OS. The third-order valence-electron chi connectivity index (χ3n) is 4.59. The topological polar surface area (TPSA) is 78.4 Å². The van der Waals surface area contributed by atoms with Gasteiger partial charge in [-0.05, 0) is 44.9 Å². The Labute approximate surface area is 195 Å². The molecule has 29 heavy (non-hydrogen) atoms. The number of hydrogen-bond acceptors (Lipinski definition) is 4. The first-order valence-electron chi connectivity index (χ1n) is 9.70. The van der Waals surface area contributed by atoms with Gasteiger partial charge in [0.05, 0.1) is 10.7 Å². The van der Waals surface area contributed by atoms with Crippen LogP contribution >= 0.6 is 35.3 Å². The molecule has 1 atom stereocenters. The first-order chi connectivity index (χ1) is 13.4. The van der Waals surface area contributed by atoms with Gasteiger partial charge in [0.2, 0.25) is 0 Å². The van der Waals surface area contributed by atoms with E-state index in [0.29, 0.717) is 12.1 Å². The normalized spacial score (nSPS) is 12.1. The van der Waals surface area contributed by atoms with Gasteiger partial charge in [-0.1, -0.05) is 19.1 Å². The Morgan fingerprint density at radius 3 is 2.45 bits per heavy atom. The molecule has 0 aliphatic carbocycles. The van der Waals surface area contributed by atoms with Crippen LogP contribution in [0.1, 0.15) is 51.8 Å². The van der Waals surface area contributed by atoms with Gasteiger partial charge in [-0.3, -0.25) is 9.79 Å². The van der Waals surface area contributed by atoms with E-state index in [2.05, 4.69) is 39.8 Å². The highest BCUT2D eigenvalue weighted by molar-refractivity contribution is 14.0. The van der Waals surface area contributed by atoms with Gasteiger partial charge < -0.3 is 16.0 Å². The van der Waals surface area contributed by atoms with E-state index in [1.165, 1.54) is 4.88 Å². The largest absolute Gasteiger partial charge is 0.356 e. The maximum Gasteiger partial charge on any atom is 0.251 e. The van der Waals surface area contributed by atoms with Crippen molar-refractivity contribution in [3.05, 3.63) is 51.0 Å². The Balaban J connectivity index is 0.00000420. The summed E-state index contributed by atoms with van der Waals surface area (Å²) in [6.07, 6.45) is 1.79. The van der Waals surface area contributed by atoms with E-state index in [1.807, 2.05) is 38.1 Å².